The van der Waals surface area contributed by atoms with Crippen LogP contribution in [0.5, 0.6) is 0 Å². The van der Waals surface area contributed by atoms with Gasteiger partial charge in [0.15, 0.2) is 0 Å². The molecule has 0 amide bonds. The van der Waals surface area contributed by atoms with Gasteiger partial charge in [-0.1, -0.05) is 36.8 Å². The Bertz CT molecular complexity index is 340. The van der Waals surface area contributed by atoms with Crippen molar-refractivity contribution in [1.29, 1.82) is 0 Å². The molecule has 2 heteroatoms. The fraction of sp³-hybridized carbons (Fsp3) is 0.538. The number of aliphatic hydroxyl groups is 1. The van der Waals surface area contributed by atoms with Crippen molar-refractivity contribution in [3.8, 4) is 0 Å². The molecule has 1 aliphatic rings. The van der Waals surface area contributed by atoms with Crippen molar-refractivity contribution in [2.24, 2.45) is 0 Å². The van der Waals surface area contributed by atoms with Crippen molar-refractivity contribution in [3.05, 3.63) is 35.4 Å². The van der Waals surface area contributed by atoms with E-state index in [4.69, 9.17) is 0 Å². The Kier molecular flexibility index (Phi) is 3.08. The highest BCUT2D eigenvalue weighted by Gasteiger charge is 2.33. The maximum Gasteiger partial charge on any atom is 0.0987 e. The average molecular weight is 222 g/mol. The Morgan fingerprint density at radius 3 is 2.87 bits per heavy atom. The highest BCUT2D eigenvalue weighted by molar-refractivity contribution is 7.99. The summed E-state index contributed by atoms with van der Waals surface area (Å²) >= 11 is 1.88. The zero-order valence-corrected chi connectivity index (χ0v) is 10.2. The van der Waals surface area contributed by atoms with E-state index >= 15 is 0 Å². The number of hydrogen-bond donors (Lipinski definition) is 1. The molecule has 15 heavy (non-hydrogen) atoms. The van der Waals surface area contributed by atoms with Crippen LogP contribution in [0.1, 0.15) is 30.9 Å². The molecule has 0 unspecified atom stereocenters. The van der Waals surface area contributed by atoms with Crippen LogP contribution in [0.3, 0.4) is 0 Å². The van der Waals surface area contributed by atoms with Crippen LogP contribution in [0.25, 0.3) is 0 Å². The second-order valence-corrected chi connectivity index (χ2v) is 5.99. The van der Waals surface area contributed by atoms with E-state index in [0.29, 0.717) is 5.25 Å². The normalized spacial score (nSPS) is 31.5. The summed E-state index contributed by atoms with van der Waals surface area (Å²) in [4.78, 5) is 0. The molecule has 0 aliphatic carbocycles. The number of thioether (sulfide) groups is 1. The Hall–Kier alpha value is -0.470. The predicted molar refractivity (Wildman–Crippen MR) is 66.2 cm³/mol. The minimum atomic E-state index is -0.594. The first-order valence-corrected chi connectivity index (χ1v) is 6.56. The van der Waals surface area contributed by atoms with Gasteiger partial charge in [0.25, 0.3) is 0 Å². The van der Waals surface area contributed by atoms with Crippen molar-refractivity contribution in [2.75, 3.05) is 5.75 Å². The van der Waals surface area contributed by atoms with Crippen molar-refractivity contribution < 1.29 is 5.11 Å². The van der Waals surface area contributed by atoms with E-state index in [0.717, 1.165) is 24.2 Å². The average Bonchev–Trinajstić information content (AvgIpc) is 2.23. The zero-order chi connectivity index (χ0) is 10.9. The van der Waals surface area contributed by atoms with Gasteiger partial charge in [0.2, 0.25) is 0 Å². The van der Waals surface area contributed by atoms with Gasteiger partial charge in [-0.2, -0.15) is 11.8 Å². The first-order chi connectivity index (χ1) is 7.10. The van der Waals surface area contributed by atoms with Crippen LogP contribution in [0.4, 0.5) is 0 Å². The molecule has 1 aromatic carbocycles. The van der Waals surface area contributed by atoms with Crippen LogP contribution in [-0.2, 0) is 5.60 Å². The Morgan fingerprint density at radius 1 is 1.47 bits per heavy atom. The molecule has 1 nitrogen and oxygen atoms in total. The molecule has 0 saturated carbocycles. The molecule has 1 N–H and O–H groups in total. The summed E-state index contributed by atoms with van der Waals surface area (Å²) in [5.41, 5.74) is 1.72. The Morgan fingerprint density at radius 2 is 2.27 bits per heavy atom. The molecule has 0 aromatic heterocycles. The molecule has 1 heterocycles. The van der Waals surface area contributed by atoms with Crippen molar-refractivity contribution in [3.63, 3.8) is 0 Å². The molecular weight excluding hydrogens is 204 g/mol. The minimum absolute atomic E-state index is 0.594. The monoisotopic (exact) mass is 222 g/mol. The first-order valence-electron chi connectivity index (χ1n) is 5.51. The lowest BCUT2D eigenvalue weighted by atomic mass is 9.89. The van der Waals surface area contributed by atoms with Crippen LogP contribution in [0.15, 0.2) is 24.3 Å². The van der Waals surface area contributed by atoms with E-state index in [1.165, 1.54) is 5.56 Å². The molecule has 1 fully saturated rings. The second kappa shape index (κ2) is 4.18. The second-order valence-electron chi connectivity index (χ2n) is 4.56. The molecule has 1 aliphatic heterocycles. The van der Waals surface area contributed by atoms with Gasteiger partial charge in [-0.3, -0.25) is 0 Å². The van der Waals surface area contributed by atoms with Gasteiger partial charge in [-0.05, 0) is 25.3 Å². The highest BCUT2D eigenvalue weighted by atomic mass is 32.2. The summed E-state index contributed by atoms with van der Waals surface area (Å²) in [5, 5.41) is 11.3. The number of aryl methyl sites for hydroxylation is 1. The zero-order valence-electron chi connectivity index (χ0n) is 9.36. The topological polar surface area (TPSA) is 20.2 Å². The fourth-order valence-electron chi connectivity index (χ4n) is 2.04. The maximum absolute atomic E-state index is 10.6. The van der Waals surface area contributed by atoms with E-state index in [9.17, 15) is 5.11 Å². The SMILES string of the molecule is Cc1cccc([C@@]2(O)CC[C@H](C)SC2)c1. The van der Waals surface area contributed by atoms with Gasteiger partial charge >= 0.3 is 0 Å². The van der Waals surface area contributed by atoms with Gasteiger partial charge in [-0.25, -0.2) is 0 Å². The third-order valence-corrected chi connectivity index (χ3v) is 4.58. The van der Waals surface area contributed by atoms with Crippen molar-refractivity contribution in [2.45, 2.75) is 37.5 Å². The third kappa shape index (κ3) is 2.37. The first kappa shape index (κ1) is 11.0. The maximum atomic E-state index is 10.6. The van der Waals surface area contributed by atoms with E-state index in [2.05, 4.69) is 26.0 Å². The molecule has 0 bridgehead atoms. The lowest BCUT2D eigenvalue weighted by Gasteiger charge is -2.35. The summed E-state index contributed by atoms with van der Waals surface area (Å²) in [5.74, 6) is 0.831. The molecular formula is C13H18OS. The lowest BCUT2D eigenvalue weighted by molar-refractivity contribution is 0.0471. The summed E-state index contributed by atoms with van der Waals surface area (Å²) in [7, 11) is 0. The van der Waals surface area contributed by atoms with E-state index in [1.54, 1.807) is 0 Å². The molecule has 1 saturated heterocycles. The quantitative estimate of drug-likeness (QED) is 0.788. The standard InChI is InChI=1S/C13H18OS/c1-10-4-3-5-12(8-10)13(14)7-6-11(2)15-9-13/h3-5,8,11,14H,6-7,9H2,1-2H3/t11-,13+/m0/s1. The lowest BCUT2D eigenvalue weighted by Crippen LogP contribution is -2.34. The van der Waals surface area contributed by atoms with E-state index in [-0.39, 0.29) is 0 Å². The van der Waals surface area contributed by atoms with Gasteiger partial charge in [0, 0.05) is 11.0 Å². The van der Waals surface area contributed by atoms with Gasteiger partial charge in [0.05, 0.1) is 5.60 Å². The molecule has 82 valence electrons. The van der Waals surface area contributed by atoms with Crippen molar-refractivity contribution >= 4 is 11.8 Å². The predicted octanol–water partition coefficient (Wildman–Crippen LogP) is 3.10. The third-order valence-electron chi connectivity index (χ3n) is 3.13. The molecule has 0 spiro atoms. The molecule has 0 radical (unpaired) electrons. The summed E-state index contributed by atoms with van der Waals surface area (Å²) in [6.45, 7) is 4.31. The van der Waals surface area contributed by atoms with E-state index < -0.39 is 5.60 Å². The van der Waals surface area contributed by atoms with Crippen LogP contribution in [-0.4, -0.2) is 16.1 Å². The van der Waals surface area contributed by atoms with Gasteiger partial charge in [-0.15, -0.1) is 0 Å². The van der Waals surface area contributed by atoms with Crippen LogP contribution in [0.2, 0.25) is 0 Å². The minimum Gasteiger partial charge on any atom is -0.384 e. The van der Waals surface area contributed by atoms with Gasteiger partial charge in [0.1, 0.15) is 0 Å². The fourth-order valence-corrected chi connectivity index (χ4v) is 3.20. The smallest absolute Gasteiger partial charge is 0.0987 e. The number of rotatable bonds is 1. The Balaban J connectivity index is 2.22. The summed E-state index contributed by atoms with van der Waals surface area (Å²) in [6.07, 6.45) is 2.00. The van der Waals surface area contributed by atoms with Crippen LogP contribution in [0, 0.1) is 6.92 Å². The Labute approximate surface area is 95.9 Å². The largest absolute Gasteiger partial charge is 0.384 e. The number of hydrogen-bond acceptors (Lipinski definition) is 2. The molecule has 1 aromatic rings. The van der Waals surface area contributed by atoms with E-state index in [1.807, 2.05) is 23.9 Å². The number of benzene rings is 1. The van der Waals surface area contributed by atoms with Crippen LogP contribution < -0.4 is 0 Å². The highest BCUT2D eigenvalue weighted by Crippen LogP contribution is 2.38. The summed E-state index contributed by atoms with van der Waals surface area (Å²) in [6, 6.07) is 8.26. The van der Waals surface area contributed by atoms with Crippen molar-refractivity contribution in [1.82, 2.24) is 0 Å². The molecule has 2 rings (SSSR count). The van der Waals surface area contributed by atoms with Gasteiger partial charge < -0.3 is 5.11 Å². The molecule has 2 atom stereocenters. The van der Waals surface area contributed by atoms with Crippen LogP contribution >= 0.6 is 11.8 Å². The summed E-state index contributed by atoms with van der Waals surface area (Å²) < 4.78 is 0.